The van der Waals surface area contributed by atoms with Crippen LogP contribution in [0.1, 0.15) is 18.5 Å². The lowest BCUT2D eigenvalue weighted by Crippen LogP contribution is -2.32. The summed E-state index contributed by atoms with van der Waals surface area (Å²) in [4.78, 5) is 0. The molecule has 0 heterocycles. The number of benzene rings is 1. The highest BCUT2D eigenvalue weighted by molar-refractivity contribution is 5.22. The van der Waals surface area contributed by atoms with Crippen LogP contribution in [0.2, 0.25) is 0 Å². The SMILES string of the molecule is CC(NCC(O)CO)c1c(F)cccc1F. The number of nitrogens with one attached hydrogen (secondary N) is 1. The highest BCUT2D eigenvalue weighted by Gasteiger charge is 2.16. The summed E-state index contributed by atoms with van der Waals surface area (Å²) in [6.45, 7) is 1.27. The number of hydrogen-bond donors (Lipinski definition) is 3. The first-order valence-corrected chi connectivity index (χ1v) is 5.02. The van der Waals surface area contributed by atoms with Gasteiger partial charge in [0.2, 0.25) is 0 Å². The van der Waals surface area contributed by atoms with Gasteiger partial charge in [-0.1, -0.05) is 6.07 Å². The molecule has 0 radical (unpaired) electrons. The molecule has 0 aliphatic heterocycles. The van der Waals surface area contributed by atoms with E-state index in [-0.39, 0.29) is 18.7 Å². The largest absolute Gasteiger partial charge is 0.394 e. The Morgan fingerprint density at radius 3 is 2.38 bits per heavy atom. The minimum absolute atomic E-state index is 0.0624. The average Bonchev–Trinajstić information content (AvgIpc) is 2.25. The third-order valence-electron chi connectivity index (χ3n) is 2.30. The van der Waals surface area contributed by atoms with Crippen LogP contribution in [0.4, 0.5) is 8.78 Å². The van der Waals surface area contributed by atoms with Crippen LogP contribution in [-0.2, 0) is 0 Å². The van der Waals surface area contributed by atoms with Crippen molar-refractivity contribution in [2.45, 2.75) is 19.1 Å². The van der Waals surface area contributed by atoms with Crippen molar-refractivity contribution in [3.8, 4) is 0 Å². The molecule has 5 heteroatoms. The van der Waals surface area contributed by atoms with Crippen LogP contribution in [0.3, 0.4) is 0 Å². The van der Waals surface area contributed by atoms with Crippen molar-refractivity contribution < 1.29 is 19.0 Å². The summed E-state index contributed by atoms with van der Waals surface area (Å²) < 4.78 is 26.6. The summed E-state index contributed by atoms with van der Waals surface area (Å²) in [6, 6.07) is 3.09. The van der Waals surface area contributed by atoms with Gasteiger partial charge in [0.25, 0.3) is 0 Å². The van der Waals surface area contributed by atoms with Crippen LogP contribution in [0, 0.1) is 11.6 Å². The Balaban J connectivity index is 2.69. The Kier molecular flexibility index (Phi) is 4.79. The Bertz CT molecular complexity index is 327. The summed E-state index contributed by atoms with van der Waals surface area (Å²) >= 11 is 0. The summed E-state index contributed by atoms with van der Waals surface area (Å²) in [5.41, 5.74) is -0.0624. The van der Waals surface area contributed by atoms with Gasteiger partial charge in [-0.3, -0.25) is 0 Å². The third kappa shape index (κ3) is 3.23. The van der Waals surface area contributed by atoms with E-state index in [1.807, 2.05) is 0 Å². The lowest BCUT2D eigenvalue weighted by atomic mass is 10.1. The quantitative estimate of drug-likeness (QED) is 0.707. The summed E-state index contributed by atoms with van der Waals surface area (Å²) in [5.74, 6) is -1.25. The first-order valence-electron chi connectivity index (χ1n) is 5.02. The first-order chi connectivity index (χ1) is 7.56. The number of aliphatic hydroxyl groups is 2. The van der Waals surface area contributed by atoms with Crippen molar-refractivity contribution >= 4 is 0 Å². The van der Waals surface area contributed by atoms with E-state index in [1.54, 1.807) is 6.92 Å². The van der Waals surface area contributed by atoms with E-state index >= 15 is 0 Å². The number of rotatable bonds is 5. The van der Waals surface area contributed by atoms with Gasteiger partial charge >= 0.3 is 0 Å². The minimum atomic E-state index is -0.933. The zero-order valence-corrected chi connectivity index (χ0v) is 8.95. The normalized spacial score (nSPS) is 14.8. The second-order valence-electron chi connectivity index (χ2n) is 3.60. The molecule has 16 heavy (non-hydrogen) atoms. The maximum atomic E-state index is 13.3. The van der Waals surface area contributed by atoms with Gasteiger partial charge < -0.3 is 15.5 Å². The van der Waals surface area contributed by atoms with Gasteiger partial charge in [-0.05, 0) is 19.1 Å². The Morgan fingerprint density at radius 2 is 1.88 bits per heavy atom. The molecule has 0 saturated carbocycles. The highest BCUT2D eigenvalue weighted by atomic mass is 19.1. The zero-order chi connectivity index (χ0) is 12.1. The molecule has 3 N–H and O–H groups in total. The highest BCUT2D eigenvalue weighted by Crippen LogP contribution is 2.19. The summed E-state index contributed by atoms with van der Waals surface area (Å²) in [7, 11) is 0. The smallest absolute Gasteiger partial charge is 0.130 e. The van der Waals surface area contributed by atoms with Crippen LogP contribution >= 0.6 is 0 Å². The predicted octanol–water partition coefficient (Wildman–Crippen LogP) is 0.969. The molecule has 0 fully saturated rings. The molecule has 0 aliphatic rings. The Morgan fingerprint density at radius 1 is 1.31 bits per heavy atom. The van der Waals surface area contributed by atoms with E-state index < -0.39 is 23.8 Å². The van der Waals surface area contributed by atoms with Crippen molar-refractivity contribution in [2.24, 2.45) is 0 Å². The van der Waals surface area contributed by atoms with Crippen LogP contribution in [0.25, 0.3) is 0 Å². The third-order valence-corrected chi connectivity index (χ3v) is 2.30. The Labute approximate surface area is 92.7 Å². The van der Waals surface area contributed by atoms with Crippen LogP contribution in [-0.4, -0.2) is 29.5 Å². The zero-order valence-electron chi connectivity index (χ0n) is 8.95. The van der Waals surface area contributed by atoms with Gasteiger partial charge in [-0.25, -0.2) is 8.78 Å². The van der Waals surface area contributed by atoms with E-state index in [1.165, 1.54) is 18.2 Å². The van der Waals surface area contributed by atoms with E-state index in [9.17, 15) is 8.78 Å². The monoisotopic (exact) mass is 231 g/mol. The number of halogens is 2. The molecule has 0 aromatic heterocycles. The minimum Gasteiger partial charge on any atom is -0.394 e. The van der Waals surface area contributed by atoms with Gasteiger partial charge in [0.1, 0.15) is 11.6 Å². The van der Waals surface area contributed by atoms with Crippen molar-refractivity contribution in [3.63, 3.8) is 0 Å². The molecule has 2 atom stereocenters. The van der Waals surface area contributed by atoms with Crippen molar-refractivity contribution in [2.75, 3.05) is 13.2 Å². The van der Waals surface area contributed by atoms with E-state index in [4.69, 9.17) is 10.2 Å². The van der Waals surface area contributed by atoms with Gasteiger partial charge in [0.05, 0.1) is 12.7 Å². The first kappa shape index (κ1) is 13.0. The lowest BCUT2D eigenvalue weighted by molar-refractivity contribution is 0.0921. The van der Waals surface area contributed by atoms with Gasteiger partial charge in [-0.15, -0.1) is 0 Å². The molecule has 1 rings (SSSR count). The molecule has 1 aromatic rings. The van der Waals surface area contributed by atoms with E-state index in [2.05, 4.69) is 5.32 Å². The molecule has 90 valence electrons. The van der Waals surface area contributed by atoms with Crippen molar-refractivity contribution in [3.05, 3.63) is 35.4 Å². The lowest BCUT2D eigenvalue weighted by Gasteiger charge is -2.17. The Hall–Kier alpha value is -1.04. The molecule has 2 unspecified atom stereocenters. The van der Waals surface area contributed by atoms with E-state index in [0.29, 0.717) is 0 Å². The summed E-state index contributed by atoms with van der Waals surface area (Å²) in [5, 5.41) is 20.4. The molecule has 1 aromatic carbocycles. The molecule has 0 spiro atoms. The summed E-state index contributed by atoms with van der Waals surface area (Å²) in [6.07, 6.45) is -0.933. The molecule has 0 aliphatic carbocycles. The fourth-order valence-electron chi connectivity index (χ4n) is 1.40. The molecule has 0 amide bonds. The molecule has 0 saturated heterocycles. The van der Waals surface area contributed by atoms with Gasteiger partial charge in [0.15, 0.2) is 0 Å². The number of aliphatic hydroxyl groups excluding tert-OH is 2. The fraction of sp³-hybridized carbons (Fsp3) is 0.455. The van der Waals surface area contributed by atoms with E-state index in [0.717, 1.165) is 0 Å². The molecule has 3 nitrogen and oxygen atoms in total. The molecular weight excluding hydrogens is 216 g/mol. The van der Waals surface area contributed by atoms with Crippen LogP contribution in [0.5, 0.6) is 0 Å². The van der Waals surface area contributed by atoms with Crippen molar-refractivity contribution in [1.82, 2.24) is 5.32 Å². The molecule has 0 bridgehead atoms. The maximum absolute atomic E-state index is 13.3. The predicted molar refractivity (Wildman–Crippen MR) is 55.9 cm³/mol. The fourth-order valence-corrected chi connectivity index (χ4v) is 1.40. The topological polar surface area (TPSA) is 52.5 Å². The average molecular weight is 231 g/mol. The van der Waals surface area contributed by atoms with Crippen LogP contribution < -0.4 is 5.32 Å². The second kappa shape index (κ2) is 5.89. The maximum Gasteiger partial charge on any atom is 0.130 e. The van der Waals surface area contributed by atoms with Crippen LogP contribution in [0.15, 0.2) is 18.2 Å². The standard InChI is InChI=1S/C11H15F2NO2/c1-7(14-5-8(16)6-15)11-9(12)3-2-4-10(11)13/h2-4,7-8,14-16H,5-6H2,1H3. The molecular formula is C11H15F2NO2. The number of hydrogen-bond acceptors (Lipinski definition) is 3. The van der Waals surface area contributed by atoms with Crippen molar-refractivity contribution in [1.29, 1.82) is 0 Å². The van der Waals surface area contributed by atoms with Gasteiger partial charge in [-0.2, -0.15) is 0 Å². The second-order valence-corrected chi connectivity index (χ2v) is 3.60. The van der Waals surface area contributed by atoms with Gasteiger partial charge in [0, 0.05) is 18.2 Å².